The van der Waals surface area contributed by atoms with Gasteiger partial charge in [0.2, 0.25) is 5.79 Å². The number of rotatable bonds is 6. The third-order valence-electron chi connectivity index (χ3n) is 5.35. The fourth-order valence-corrected chi connectivity index (χ4v) is 3.82. The standard InChI is InChI=1S/C21H26ClNO3/c1-20(16-7-4-3-5-8-16,17-10-12-18(22)13-11-17)26-15-21(24,25)19-9-6-14-23(19)2/h3-5,7-8,10-13,19,24-25H,6,9,14-15H2,1-2H3/t19?,20-/m1/s1. The molecule has 3 rings (SSSR count). The number of likely N-dealkylation sites (N-methyl/N-ethyl adjacent to an activating group) is 1. The van der Waals surface area contributed by atoms with Crippen LogP contribution in [-0.2, 0) is 10.3 Å². The Kier molecular flexibility index (Phi) is 5.70. The number of halogens is 1. The van der Waals surface area contributed by atoms with Crippen LogP contribution in [0.1, 0.15) is 30.9 Å². The maximum atomic E-state index is 10.7. The fourth-order valence-electron chi connectivity index (χ4n) is 3.70. The van der Waals surface area contributed by atoms with Crippen LogP contribution in [0.5, 0.6) is 0 Å². The minimum Gasteiger partial charge on any atom is -0.363 e. The third-order valence-corrected chi connectivity index (χ3v) is 5.60. The van der Waals surface area contributed by atoms with Gasteiger partial charge in [-0.1, -0.05) is 54.1 Å². The van der Waals surface area contributed by atoms with Gasteiger partial charge in [-0.3, -0.25) is 4.90 Å². The molecule has 5 heteroatoms. The van der Waals surface area contributed by atoms with Crippen LogP contribution in [0.4, 0.5) is 0 Å². The molecule has 1 heterocycles. The first-order valence-corrected chi connectivity index (χ1v) is 9.31. The molecule has 2 aromatic rings. The molecule has 140 valence electrons. The molecule has 0 spiro atoms. The van der Waals surface area contributed by atoms with Gasteiger partial charge in [0.25, 0.3) is 0 Å². The number of hydrogen-bond acceptors (Lipinski definition) is 4. The van der Waals surface area contributed by atoms with E-state index in [2.05, 4.69) is 0 Å². The summed E-state index contributed by atoms with van der Waals surface area (Å²) in [6.45, 7) is 2.62. The Labute approximate surface area is 160 Å². The predicted octanol–water partition coefficient (Wildman–Crippen LogP) is 3.40. The van der Waals surface area contributed by atoms with Crippen molar-refractivity contribution in [3.8, 4) is 0 Å². The van der Waals surface area contributed by atoms with Crippen LogP contribution in [0.3, 0.4) is 0 Å². The summed E-state index contributed by atoms with van der Waals surface area (Å²) in [5.74, 6) is -1.91. The van der Waals surface area contributed by atoms with E-state index < -0.39 is 11.4 Å². The molecule has 0 saturated carbocycles. The highest BCUT2D eigenvalue weighted by Crippen LogP contribution is 2.35. The van der Waals surface area contributed by atoms with Crippen molar-refractivity contribution in [1.82, 2.24) is 4.90 Å². The second-order valence-corrected chi connectivity index (χ2v) is 7.65. The van der Waals surface area contributed by atoms with Gasteiger partial charge in [-0.25, -0.2) is 0 Å². The maximum absolute atomic E-state index is 10.7. The van der Waals surface area contributed by atoms with Crippen molar-refractivity contribution in [2.45, 2.75) is 37.2 Å². The first-order valence-electron chi connectivity index (χ1n) is 8.93. The Morgan fingerprint density at radius 1 is 1.08 bits per heavy atom. The third kappa shape index (κ3) is 3.95. The molecule has 2 N–H and O–H groups in total. The second-order valence-electron chi connectivity index (χ2n) is 7.21. The first kappa shape index (κ1) is 19.3. The van der Waals surface area contributed by atoms with E-state index in [1.54, 1.807) is 0 Å². The molecule has 0 aromatic heterocycles. The summed E-state index contributed by atoms with van der Waals surface area (Å²) in [4.78, 5) is 1.98. The van der Waals surface area contributed by atoms with Gasteiger partial charge >= 0.3 is 0 Å². The Morgan fingerprint density at radius 3 is 2.27 bits per heavy atom. The Morgan fingerprint density at radius 2 is 1.69 bits per heavy atom. The molecule has 0 aliphatic carbocycles. The Balaban J connectivity index is 1.88. The molecular weight excluding hydrogens is 350 g/mol. The van der Waals surface area contributed by atoms with Gasteiger partial charge in [-0.05, 0) is 56.6 Å². The molecule has 0 amide bonds. The van der Waals surface area contributed by atoms with Crippen molar-refractivity contribution < 1.29 is 14.9 Å². The van der Waals surface area contributed by atoms with Crippen molar-refractivity contribution in [3.05, 3.63) is 70.7 Å². The first-order chi connectivity index (χ1) is 12.3. The molecule has 1 aliphatic rings. The lowest BCUT2D eigenvalue weighted by Crippen LogP contribution is -2.52. The zero-order valence-electron chi connectivity index (χ0n) is 15.2. The zero-order valence-corrected chi connectivity index (χ0v) is 16.0. The summed E-state index contributed by atoms with van der Waals surface area (Å²) in [6, 6.07) is 16.9. The molecule has 26 heavy (non-hydrogen) atoms. The van der Waals surface area contributed by atoms with Crippen LogP contribution >= 0.6 is 11.6 Å². The lowest BCUT2D eigenvalue weighted by molar-refractivity contribution is -0.243. The van der Waals surface area contributed by atoms with Gasteiger partial charge in [0.05, 0.1) is 6.04 Å². The van der Waals surface area contributed by atoms with Gasteiger partial charge in [0, 0.05) is 5.02 Å². The van der Waals surface area contributed by atoms with Crippen LogP contribution in [-0.4, -0.2) is 47.1 Å². The van der Waals surface area contributed by atoms with Crippen LogP contribution in [0.2, 0.25) is 5.02 Å². The summed E-state index contributed by atoms with van der Waals surface area (Å²) in [5.41, 5.74) is 1.03. The molecule has 1 saturated heterocycles. The van der Waals surface area contributed by atoms with Gasteiger partial charge in [0.1, 0.15) is 12.2 Å². The van der Waals surface area contributed by atoms with Crippen LogP contribution < -0.4 is 0 Å². The largest absolute Gasteiger partial charge is 0.363 e. The van der Waals surface area contributed by atoms with E-state index in [0.29, 0.717) is 5.02 Å². The van der Waals surface area contributed by atoms with Crippen molar-refractivity contribution in [3.63, 3.8) is 0 Å². The predicted molar refractivity (Wildman–Crippen MR) is 103 cm³/mol. The fraction of sp³-hybridized carbons (Fsp3) is 0.429. The monoisotopic (exact) mass is 375 g/mol. The lowest BCUT2D eigenvalue weighted by Gasteiger charge is -2.38. The van der Waals surface area contributed by atoms with Crippen LogP contribution in [0.15, 0.2) is 54.6 Å². The topological polar surface area (TPSA) is 52.9 Å². The van der Waals surface area contributed by atoms with Crippen molar-refractivity contribution in [2.75, 3.05) is 20.2 Å². The number of hydrogen-bond donors (Lipinski definition) is 2. The average molecular weight is 376 g/mol. The number of benzene rings is 2. The van der Waals surface area contributed by atoms with E-state index in [9.17, 15) is 10.2 Å². The van der Waals surface area contributed by atoms with E-state index in [1.165, 1.54) is 0 Å². The second kappa shape index (κ2) is 7.67. The molecule has 4 nitrogen and oxygen atoms in total. The van der Waals surface area contributed by atoms with Crippen molar-refractivity contribution in [1.29, 1.82) is 0 Å². The van der Waals surface area contributed by atoms with Gasteiger partial charge in [0.15, 0.2) is 0 Å². The highest BCUT2D eigenvalue weighted by molar-refractivity contribution is 6.30. The molecular formula is C21H26ClNO3. The molecule has 0 bridgehead atoms. The minimum absolute atomic E-state index is 0.184. The van der Waals surface area contributed by atoms with E-state index in [1.807, 2.05) is 73.5 Å². The Bertz CT molecular complexity index is 720. The zero-order chi connectivity index (χ0) is 18.8. The average Bonchev–Trinajstić information content (AvgIpc) is 3.08. The number of aliphatic hydroxyl groups is 2. The molecule has 0 radical (unpaired) electrons. The van der Waals surface area contributed by atoms with E-state index in [-0.39, 0.29) is 12.6 Å². The summed E-state index contributed by atoms with van der Waals surface area (Å²) in [5, 5.41) is 22.0. The number of ether oxygens (including phenoxy) is 1. The van der Waals surface area contributed by atoms with Crippen LogP contribution in [0.25, 0.3) is 0 Å². The SMILES string of the molecule is CN1CCCC1C(O)(O)CO[C@](C)(c1ccccc1)c1ccc(Cl)cc1. The summed E-state index contributed by atoms with van der Waals surface area (Å²) in [7, 11) is 1.91. The Hall–Kier alpha value is -1.43. The highest BCUT2D eigenvalue weighted by atomic mass is 35.5. The molecule has 1 fully saturated rings. The number of nitrogens with zero attached hydrogens (tertiary/aromatic N) is 1. The van der Waals surface area contributed by atoms with Gasteiger partial charge in [-0.2, -0.15) is 0 Å². The van der Waals surface area contributed by atoms with E-state index >= 15 is 0 Å². The quantitative estimate of drug-likeness (QED) is 0.760. The molecule has 2 atom stereocenters. The normalized spacial score (nSPS) is 20.9. The van der Waals surface area contributed by atoms with E-state index in [0.717, 1.165) is 30.5 Å². The van der Waals surface area contributed by atoms with Gasteiger partial charge < -0.3 is 14.9 Å². The molecule has 1 aliphatic heterocycles. The summed E-state index contributed by atoms with van der Waals surface area (Å²) in [6.07, 6.45) is 1.70. The lowest BCUT2D eigenvalue weighted by atomic mass is 9.87. The molecule has 1 unspecified atom stereocenters. The van der Waals surface area contributed by atoms with E-state index in [4.69, 9.17) is 16.3 Å². The molecule has 2 aromatic carbocycles. The van der Waals surface area contributed by atoms with Gasteiger partial charge in [-0.15, -0.1) is 0 Å². The smallest absolute Gasteiger partial charge is 0.202 e. The minimum atomic E-state index is -1.91. The van der Waals surface area contributed by atoms with Crippen LogP contribution in [0, 0.1) is 0 Å². The van der Waals surface area contributed by atoms with Crippen molar-refractivity contribution in [2.24, 2.45) is 0 Å². The van der Waals surface area contributed by atoms with Crippen molar-refractivity contribution >= 4 is 11.6 Å². The summed E-state index contributed by atoms with van der Waals surface area (Å²) < 4.78 is 6.20. The highest BCUT2D eigenvalue weighted by Gasteiger charge is 2.42. The number of likely N-dealkylation sites (tertiary alicyclic amines) is 1. The maximum Gasteiger partial charge on any atom is 0.202 e. The summed E-state index contributed by atoms with van der Waals surface area (Å²) >= 11 is 6.03.